The Hall–Kier alpha value is -10.3. The molecule has 38 heteroatoms. The minimum absolute atomic E-state index is 0.0139. The molecule has 0 aliphatic carbocycles. The van der Waals surface area contributed by atoms with Gasteiger partial charge in [-0.05, 0) is 211 Å². The Balaban J connectivity index is 0.000000288. The Morgan fingerprint density at radius 1 is 0.776 bits per heavy atom. The molecule has 4 aromatic heterocycles. The van der Waals surface area contributed by atoms with Gasteiger partial charge >= 0.3 is 24.8 Å². The third kappa shape index (κ3) is 21.7. The average molecular weight is 1840 g/mol. The fraction of sp³-hybridized carbons (Fsp3) is 0.356. The number of esters is 1. The summed E-state index contributed by atoms with van der Waals surface area (Å²) in [5, 5.41) is 14.1. The van der Waals surface area contributed by atoms with Gasteiger partial charge in [-0.25, -0.2) is 52.8 Å². The number of halogens is 7. The van der Waals surface area contributed by atoms with E-state index < -0.39 is 123 Å². The van der Waals surface area contributed by atoms with Crippen molar-refractivity contribution in [2.75, 3.05) is 115 Å². The number of aromatic nitrogens is 5. The number of aromatic hydroxyl groups is 1. The highest BCUT2D eigenvalue weighted by molar-refractivity contribution is 7.99. The number of phenols is 1. The number of likely N-dealkylation sites (tertiary alicyclic amines) is 1. The number of hydrogen-bond donors (Lipinski definition) is 5. The molecule has 3 aliphatic rings. The molecule has 13 rings (SSSR count). The molecule has 0 radical (unpaired) electrons. The first-order valence-electron chi connectivity index (χ1n) is 40.2. The molecule has 7 heterocycles. The van der Waals surface area contributed by atoms with Crippen molar-refractivity contribution in [2.24, 2.45) is 5.92 Å². The number of amides is 1. The van der Waals surface area contributed by atoms with Crippen molar-refractivity contribution in [3.63, 3.8) is 0 Å². The number of sulfone groups is 2. The fourth-order valence-corrected chi connectivity index (χ4v) is 20.9. The number of nitrogens with zero attached hydrogens (tertiary/aromatic N) is 10. The van der Waals surface area contributed by atoms with Gasteiger partial charge in [0, 0.05) is 127 Å². The first kappa shape index (κ1) is 93.8. The van der Waals surface area contributed by atoms with E-state index in [0.717, 1.165) is 35.4 Å². The number of benzene rings is 6. The fourth-order valence-electron chi connectivity index (χ4n) is 15.9. The quantitative estimate of drug-likeness (QED) is 0.00759. The summed E-state index contributed by atoms with van der Waals surface area (Å²) in [6.45, 7) is 20.7. The van der Waals surface area contributed by atoms with Gasteiger partial charge in [0.2, 0.25) is 5.91 Å². The molecule has 3 aliphatic heterocycles. The van der Waals surface area contributed by atoms with Crippen molar-refractivity contribution in [2.45, 2.75) is 123 Å². The van der Waals surface area contributed by atoms with Crippen LogP contribution < -0.4 is 30.4 Å². The van der Waals surface area contributed by atoms with Gasteiger partial charge in [-0.15, -0.1) is 11.8 Å². The van der Waals surface area contributed by atoms with Gasteiger partial charge < -0.3 is 54.0 Å². The number of alkyl halides is 3. The van der Waals surface area contributed by atoms with Crippen LogP contribution in [0, 0.1) is 37.2 Å². The Kier molecular flexibility index (Phi) is 29.2. The van der Waals surface area contributed by atoms with E-state index in [2.05, 4.69) is 36.5 Å². The Bertz CT molecular complexity index is 6140. The molecule has 2 unspecified atom stereocenters. The highest BCUT2D eigenvalue weighted by Crippen LogP contribution is 2.47. The predicted molar refractivity (Wildman–Crippen MR) is 473 cm³/mol. The number of fused-ring (bicyclic) bond motifs is 1. The topological polar surface area (TPSA) is 329 Å². The molecule has 0 bridgehead atoms. The van der Waals surface area contributed by atoms with Gasteiger partial charge in [-0.1, -0.05) is 68.4 Å². The lowest BCUT2D eigenvalue weighted by atomic mass is 9.96. The number of phenolic OH excluding ortho intramolecular Hbond substituents is 1. The van der Waals surface area contributed by atoms with Crippen molar-refractivity contribution in [1.29, 1.82) is 0 Å². The number of aryl methyl sites for hydroxylation is 1. The van der Waals surface area contributed by atoms with Gasteiger partial charge in [0.15, 0.2) is 21.3 Å². The smallest absolute Gasteiger partial charge is 0.501 e. The van der Waals surface area contributed by atoms with Gasteiger partial charge in [0.05, 0.1) is 62.2 Å². The van der Waals surface area contributed by atoms with Gasteiger partial charge in [0.1, 0.15) is 33.8 Å². The number of carbonyl (C=O) groups is 2. The van der Waals surface area contributed by atoms with Crippen molar-refractivity contribution in [1.82, 2.24) is 33.9 Å². The van der Waals surface area contributed by atoms with Crippen LogP contribution in [0.25, 0.3) is 50.4 Å². The SMILES string of the molecule is C=CC(=O)N1CCN(c2nc(=O)n(-c3c(C)ccnc3C(C)C)c3nc(-c4c(O)cccc4F)c(F)cc23)C(C)C1.Cc1c(S(C)(=O)=O)c(-c2cc(F)cc(N3CCN(c4ccc(NS(=O)(=O)c5ccc(NC(CCN6CCC(C(=O)OCCCP(=O)(O)O)CC6)CSc6ccccc6)c(S(=O)(=O)C(F)(F)F)c5)cc4)CC3)c2)c(-c2ccc(Cl)cc2)n1C(C)C. The van der Waals surface area contributed by atoms with Crippen LogP contribution in [0.15, 0.2) is 189 Å². The highest BCUT2D eigenvalue weighted by atomic mass is 35.5. The van der Waals surface area contributed by atoms with E-state index in [-0.39, 0.29) is 70.1 Å². The molecule has 26 nitrogen and oxygen atoms in total. The third-order valence-electron chi connectivity index (χ3n) is 22.0. The Labute approximate surface area is 730 Å². The summed E-state index contributed by atoms with van der Waals surface area (Å²) in [6, 6.07) is 34.9. The number of sulfonamides is 1. The number of thioether (sulfide) groups is 1. The van der Waals surface area contributed by atoms with Crippen LogP contribution in [0.1, 0.15) is 89.2 Å². The van der Waals surface area contributed by atoms with Crippen LogP contribution >= 0.6 is 31.0 Å². The van der Waals surface area contributed by atoms with E-state index in [4.69, 9.17) is 26.1 Å². The van der Waals surface area contributed by atoms with Crippen molar-refractivity contribution in [3.05, 3.63) is 214 Å². The van der Waals surface area contributed by atoms with Crippen LogP contribution in [0.2, 0.25) is 5.02 Å². The number of ether oxygens (including phenoxy) is 1. The summed E-state index contributed by atoms with van der Waals surface area (Å²) in [4.78, 5) is 78.8. The summed E-state index contributed by atoms with van der Waals surface area (Å²) >= 11 is 7.63. The first-order valence-corrected chi connectivity index (χ1v) is 48.3. The lowest BCUT2D eigenvalue weighted by molar-refractivity contribution is -0.150. The monoisotopic (exact) mass is 1840 g/mol. The summed E-state index contributed by atoms with van der Waals surface area (Å²) in [7, 11) is -18.9. The molecule has 3 saturated heterocycles. The maximum absolute atomic E-state index is 15.8. The zero-order valence-corrected chi connectivity index (χ0v) is 74.6. The molecule has 125 heavy (non-hydrogen) atoms. The number of pyridine rings is 2. The summed E-state index contributed by atoms with van der Waals surface area (Å²) < 4.78 is 193. The minimum atomic E-state index is -6.13. The van der Waals surface area contributed by atoms with Crippen LogP contribution in [0.5, 0.6) is 5.75 Å². The van der Waals surface area contributed by atoms with E-state index in [1.54, 1.807) is 66.6 Å². The second-order valence-electron chi connectivity index (χ2n) is 31.5. The summed E-state index contributed by atoms with van der Waals surface area (Å²) in [5.74, 6) is -3.54. The number of piperazine rings is 2. The average Bonchev–Trinajstić information content (AvgIpc) is 1.63. The van der Waals surface area contributed by atoms with E-state index in [1.807, 2.05) is 91.1 Å². The molecule has 2 atom stereocenters. The maximum atomic E-state index is 15.8. The molecule has 3 fully saturated rings. The number of hydrogen-bond acceptors (Lipinski definition) is 21. The summed E-state index contributed by atoms with van der Waals surface area (Å²) in [5.41, 5.74) is -2.12. The van der Waals surface area contributed by atoms with Gasteiger partial charge in [-0.3, -0.25) is 23.9 Å². The van der Waals surface area contributed by atoms with Crippen LogP contribution in [0.3, 0.4) is 0 Å². The molecule has 0 spiro atoms. The van der Waals surface area contributed by atoms with Gasteiger partial charge in [0.25, 0.3) is 19.9 Å². The number of anilines is 5. The molecular formula is C87H96ClF6N12O14PS4. The zero-order valence-electron chi connectivity index (χ0n) is 69.7. The van der Waals surface area contributed by atoms with E-state index >= 15 is 8.78 Å². The van der Waals surface area contributed by atoms with Gasteiger partial charge in [-0.2, -0.15) is 18.2 Å². The van der Waals surface area contributed by atoms with Crippen molar-refractivity contribution in [3.8, 4) is 45.1 Å². The standard InChI is InChI=1S/C57H66ClF4N6O11PS4.C30H30F2N6O3/c1-38(2)68-39(3)55(82(4,73)74)53(54(68)40-11-13-43(58)14-12-40)42-33-44(59)35-48(34-42)67-29-27-66(28-30-67)47-17-15-45(16-18-47)64-84(77,78)50-19-20-51(52(36-50)83(75,76)57(60,61)62)63-46(37-81-49-9-6-5-7-10-49)23-26-65-24-21-41(22-25-65)56(69)79-31-8-32-80(70,71)72;1-6-23(40)36-12-13-37(18(5)15-36)28-19-14-21(32)26(24-20(31)8-7-9-22(24)39)34-29(19)38(30(41)35-28)27-17(4)10-11-33-25(27)16(2)3/h5-7,9-20,33-36,38,41,46,63-64H,8,21-32,37H2,1-4H3,(H2,70,71,72);6-11,14,16,18,39H,1,12-13,15H2,2-5H3. The highest BCUT2D eigenvalue weighted by Gasteiger charge is 2.49. The number of carbonyl (C=O) groups excluding carboxylic acids is 2. The Morgan fingerprint density at radius 3 is 2.06 bits per heavy atom. The number of piperidine rings is 1. The minimum Gasteiger partial charge on any atom is -0.507 e. The second-order valence-corrected chi connectivity index (χ2v) is 40.4. The summed E-state index contributed by atoms with van der Waals surface area (Å²) in [6.07, 6.45) is 4.80. The van der Waals surface area contributed by atoms with Crippen molar-refractivity contribution >= 4 is 112 Å². The lowest BCUT2D eigenvalue weighted by Gasteiger charge is -2.40. The molecule has 10 aromatic rings. The van der Waals surface area contributed by atoms with Crippen LogP contribution in [-0.4, -0.2) is 194 Å². The van der Waals surface area contributed by atoms with E-state index in [1.165, 1.54) is 58.8 Å². The van der Waals surface area contributed by atoms with Crippen LogP contribution in [0.4, 0.5) is 54.9 Å². The molecule has 6 aromatic carbocycles. The molecule has 666 valence electrons. The van der Waals surface area contributed by atoms with E-state index in [0.29, 0.717) is 152 Å². The molecule has 0 saturated carbocycles. The first-order chi connectivity index (χ1) is 59.0. The second kappa shape index (κ2) is 38.9. The lowest BCUT2D eigenvalue weighted by Crippen LogP contribution is -2.54. The molecular weight excluding hydrogens is 1750 g/mol. The Morgan fingerprint density at radius 2 is 1.45 bits per heavy atom. The van der Waals surface area contributed by atoms with Crippen molar-refractivity contribution < 1.29 is 85.4 Å². The number of nitrogens with one attached hydrogen (secondary N) is 2. The van der Waals surface area contributed by atoms with E-state index in [9.17, 15) is 66.9 Å². The number of rotatable bonds is 28. The third-order valence-corrected chi connectivity index (χ3v) is 28.5. The maximum Gasteiger partial charge on any atom is 0.501 e. The molecule has 1 amide bonds. The molecule has 5 N–H and O–H groups in total. The zero-order chi connectivity index (χ0) is 90.5. The van der Waals surface area contributed by atoms with Crippen LogP contribution in [-0.2, 0) is 48.6 Å². The largest absolute Gasteiger partial charge is 0.507 e. The predicted octanol–water partition coefficient (Wildman–Crippen LogP) is 15.6. The normalized spacial score (nSPS) is 15.6.